The fraction of sp³-hybridized carbons (Fsp3) is 0.133. The van der Waals surface area contributed by atoms with E-state index < -0.39 is 5.97 Å². The molecule has 5 nitrogen and oxygen atoms in total. The Labute approximate surface area is 119 Å². The van der Waals surface area contributed by atoms with Gasteiger partial charge in [-0.2, -0.15) is 0 Å². The van der Waals surface area contributed by atoms with Gasteiger partial charge in [0.25, 0.3) is 0 Å². The highest BCUT2D eigenvalue weighted by Crippen LogP contribution is 2.14. The number of benzene rings is 2. The van der Waals surface area contributed by atoms with E-state index in [9.17, 15) is 9.18 Å². The van der Waals surface area contributed by atoms with Crippen molar-refractivity contribution in [3.8, 4) is 0 Å². The molecule has 0 amide bonds. The maximum Gasteiger partial charge on any atom is 0.335 e. The number of aromatic nitrogens is 3. The quantitative estimate of drug-likeness (QED) is 0.799. The molecule has 0 unspecified atom stereocenters. The first kappa shape index (κ1) is 13.2. The van der Waals surface area contributed by atoms with Gasteiger partial charge in [0.2, 0.25) is 0 Å². The zero-order valence-corrected chi connectivity index (χ0v) is 11.0. The van der Waals surface area contributed by atoms with E-state index in [1.54, 1.807) is 16.8 Å². The van der Waals surface area contributed by atoms with Crippen molar-refractivity contribution < 1.29 is 14.3 Å². The lowest BCUT2D eigenvalue weighted by Crippen LogP contribution is -2.03. The number of carboxylic acids is 1. The van der Waals surface area contributed by atoms with Crippen LogP contribution in [0.25, 0.3) is 11.0 Å². The zero-order valence-electron chi connectivity index (χ0n) is 11.0. The largest absolute Gasteiger partial charge is 0.478 e. The number of aryl methyl sites for hydroxylation is 2. The van der Waals surface area contributed by atoms with Gasteiger partial charge in [0.1, 0.15) is 11.3 Å². The third-order valence-electron chi connectivity index (χ3n) is 3.26. The van der Waals surface area contributed by atoms with Crippen LogP contribution in [-0.4, -0.2) is 26.1 Å². The first-order valence-corrected chi connectivity index (χ1v) is 6.44. The molecule has 0 aliphatic heterocycles. The second-order valence-electron chi connectivity index (χ2n) is 4.70. The van der Waals surface area contributed by atoms with Gasteiger partial charge < -0.3 is 5.11 Å². The summed E-state index contributed by atoms with van der Waals surface area (Å²) >= 11 is 0. The topological polar surface area (TPSA) is 68.0 Å². The number of aromatic carboxylic acids is 1. The van der Waals surface area contributed by atoms with Gasteiger partial charge in [-0.3, -0.25) is 0 Å². The van der Waals surface area contributed by atoms with E-state index in [-0.39, 0.29) is 11.4 Å². The maximum absolute atomic E-state index is 13.1. The molecule has 0 aliphatic carbocycles. The van der Waals surface area contributed by atoms with Crippen LogP contribution in [-0.2, 0) is 13.0 Å². The Morgan fingerprint density at radius 2 is 2.10 bits per heavy atom. The summed E-state index contributed by atoms with van der Waals surface area (Å²) in [6.07, 6.45) is 0.622. The van der Waals surface area contributed by atoms with Gasteiger partial charge in [-0.1, -0.05) is 17.3 Å². The molecule has 0 fully saturated rings. The molecule has 1 N–H and O–H groups in total. The predicted molar refractivity (Wildman–Crippen MR) is 74.6 cm³/mol. The van der Waals surface area contributed by atoms with E-state index in [1.165, 1.54) is 24.3 Å². The lowest BCUT2D eigenvalue weighted by atomic mass is 10.1. The van der Waals surface area contributed by atoms with Crippen LogP contribution in [0, 0.1) is 5.82 Å². The Balaban J connectivity index is 1.83. The fourth-order valence-electron chi connectivity index (χ4n) is 2.20. The Morgan fingerprint density at radius 1 is 1.24 bits per heavy atom. The summed E-state index contributed by atoms with van der Waals surface area (Å²) in [6, 6.07) is 11.1. The third kappa shape index (κ3) is 2.74. The highest BCUT2D eigenvalue weighted by atomic mass is 19.1. The molecule has 3 rings (SSSR count). The Kier molecular flexibility index (Phi) is 3.35. The maximum atomic E-state index is 13.1. The fourth-order valence-corrected chi connectivity index (χ4v) is 2.20. The van der Waals surface area contributed by atoms with E-state index in [4.69, 9.17) is 5.11 Å². The van der Waals surface area contributed by atoms with Gasteiger partial charge in [0, 0.05) is 6.54 Å². The molecule has 0 atom stereocenters. The van der Waals surface area contributed by atoms with Gasteiger partial charge in [-0.15, -0.1) is 5.10 Å². The molecule has 0 saturated carbocycles. The molecule has 106 valence electrons. The molecular weight excluding hydrogens is 273 g/mol. The molecule has 1 aromatic heterocycles. The average molecular weight is 285 g/mol. The monoisotopic (exact) mass is 285 g/mol. The minimum Gasteiger partial charge on any atom is -0.478 e. The van der Waals surface area contributed by atoms with E-state index in [1.807, 2.05) is 6.07 Å². The number of hydrogen-bond donors (Lipinski definition) is 1. The summed E-state index contributed by atoms with van der Waals surface area (Å²) in [5.74, 6) is -1.26. The van der Waals surface area contributed by atoms with Crippen LogP contribution in [0.3, 0.4) is 0 Å². The predicted octanol–water partition coefficient (Wildman–Crippen LogP) is 2.51. The highest BCUT2D eigenvalue weighted by Gasteiger charge is 2.09. The minimum atomic E-state index is -0.994. The van der Waals surface area contributed by atoms with Gasteiger partial charge in [0.05, 0.1) is 11.1 Å². The first-order chi connectivity index (χ1) is 10.1. The highest BCUT2D eigenvalue weighted by molar-refractivity contribution is 5.92. The van der Waals surface area contributed by atoms with Crippen molar-refractivity contribution in [2.24, 2.45) is 0 Å². The summed E-state index contributed by atoms with van der Waals surface area (Å²) in [5, 5.41) is 16.9. The van der Waals surface area contributed by atoms with Gasteiger partial charge in [-0.05, 0) is 42.3 Å². The van der Waals surface area contributed by atoms with Gasteiger partial charge >= 0.3 is 5.97 Å². The molecule has 0 radical (unpaired) electrons. The molecule has 2 aromatic carbocycles. The Morgan fingerprint density at radius 3 is 2.86 bits per heavy atom. The number of halogens is 1. The molecule has 1 heterocycles. The summed E-state index contributed by atoms with van der Waals surface area (Å²) in [6.45, 7) is 0.548. The van der Waals surface area contributed by atoms with Crippen LogP contribution >= 0.6 is 0 Å². The van der Waals surface area contributed by atoms with Crippen LogP contribution in [0.15, 0.2) is 42.5 Å². The van der Waals surface area contributed by atoms with E-state index in [0.717, 1.165) is 11.1 Å². The number of nitrogens with zero attached hydrogens (tertiary/aromatic N) is 3. The molecule has 0 bridgehead atoms. The Bertz CT molecular complexity index is 814. The summed E-state index contributed by atoms with van der Waals surface area (Å²) in [4.78, 5) is 10.9. The van der Waals surface area contributed by atoms with E-state index >= 15 is 0 Å². The van der Waals surface area contributed by atoms with Crippen LogP contribution in [0.4, 0.5) is 4.39 Å². The van der Waals surface area contributed by atoms with Crippen LogP contribution < -0.4 is 0 Å². The van der Waals surface area contributed by atoms with Crippen molar-refractivity contribution >= 4 is 17.0 Å². The Hall–Kier alpha value is -2.76. The van der Waals surface area contributed by atoms with Crippen LogP contribution in [0.5, 0.6) is 0 Å². The molecule has 6 heteroatoms. The van der Waals surface area contributed by atoms with Crippen molar-refractivity contribution in [3.63, 3.8) is 0 Å². The summed E-state index contributed by atoms with van der Waals surface area (Å²) in [7, 11) is 0. The van der Waals surface area contributed by atoms with Crippen LogP contribution in [0.1, 0.15) is 15.9 Å². The molecule has 21 heavy (non-hydrogen) atoms. The van der Waals surface area contributed by atoms with Gasteiger partial charge in [-0.25, -0.2) is 13.9 Å². The first-order valence-electron chi connectivity index (χ1n) is 6.44. The summed E-state index contributed by atoms with van der Waals surface area (Å²) < 4.78 is 14.8. The zero-order chi connectivity index (χ0) is 14.8. The normalized spacial score (nSPS) is 10.9. The SMILES string of the molecule is O=C(O)c1ccc2c(c1)nnn2CCc1cccc(F)c1. The smallest absolute Gasteiger partial charge is 0.335 e. The number of carboxylic acid groups (broad SMARTS) is 1. The molecule has 0 saturated heterocycles. The lowest BCUT2D eigenvalue weighted by Gasteiger charge is -2.03. The van der Waals surface area contributed by atoms with Crippen molar-refractivity contribution in [1.82, 2.24) is 15.0 Å². The molecule has 3 aromatic rings. The molecule has 0 aliphatic rings. The average Bonchev–Trinajstić information content (AvgIpc) is 2.87. The number of fused-ring (bicyclic) bond motifs is 1. The third-order valence-corrected chi connectivity index (χ3v) is 3.26. The van der Waals surface area contributed by atoms with Crippen molar-refractivity contribution in [2.75, 3.05) is 0 Å². The number of hydrogen-bond acceptors (Lipinski definition) is 3. The molecular formula is C15H12FN3O2. The second-order valence-corrected chi connectivity index (χ2v) is 4.70. The number of carbonyl (C=O) groups is 1. The van der Waals surface area contributed by atoms with Crippen LogP contribution in [0.2, 0.25) is 0 Å². The minimum absolute atomic E-state index is 0.180. The van der Waals surface area contributed by atoms with E-state index in [0.29, 0.717) is 18.5 Å². The molecule has 0 spiro atoms. The second kappa shape index (κ2) is 5.32. The van der Waals surface area contributed by atoms with Crippen molar-refractivity contribution in [3.05, 3.63) is 59.4 Å². The lowest BCUT2D eigenvalue weighted by molar-refractivity contribution is 0.0697. The van der Waals surface area contributed by atoms with Gasteiger partial charge in [0.15, 0.2) is 0 Å². The summed E-state index contributed by atoms with van der Waals surface area (Å²) in [5.41, 5.74) is 2.35. The van der Waals surface area contributed by atoms with Crippen molar-refractivity contribution in [1.29, 1.82) is 0 Å². The van der Waals surface area contributed by atoms with E-state index in [2.05, 4.69) is 10.3 Å². The number of rotatable bonds is 4. The standard InChI is InChI=1S/C15H12FN3O2/c16-12-3-1-2-10(8-12)6-7-19-14-5-4-11(15(20)21)9-13(14)17-18-19/h1-5,8-9H,6-7H2,(H,20,21). The van der Waals surface area contributed by atoms with Crippen molar-refractivity contribution in [2.45, 2.75) is 13.0 Å².